The first-order chi connectivity index (χ1) is 18.2. The van der Waals surface area contributed by atoms with E-state index >= 15 is 0 Å². The third-order valence-corrected chi connectivity index (χ3v) is 6.81. The van der Waals surface area contributed by atoms with Gasteiger partial charge in [-0.1, -0.05) is 26.8 Å². The molecule has 2 aliphatic rings. The Morgan fingerprint density at radius 1 is 1.18 bits per heavy atom. The Balaban J connectivity index is 0.00000137. The Kier molecular flexibility index (Phi) is 7.97. The molecule has 0 saturated carbocycles. The summed E-state index contributed by atoms with van der Waals surface area (Å²) in [7, 11) is 0. The van der Waals surface area contributed by atoms with Gasteiger partial charge in [-0.3, -0.25) is 9.78 Å². The van der Waals surface area contributed by atoms with E-state index in [0.717, 1.165) is 24.1 Å². The van der Waals surface area contributed by atoms with Gasteiger partial charge in [-0.25, -0.2) is 13.8 Å². The molecule has 1 N–H and O–H groups in total. The van der Waals surface area contributed by atoms with E-state index in [4.69, 9.17) is 9.72 Å². The Labute approximate surface area is 223 Å². The SMILES string of the molecule is C=C.CC(C)(C)C[C@]1(c2cncc(NC(=O)C3COC3)n2)CCCc2cc(-c3c(F)cccc3F)nnc21.[HH]. The molecule has 202 valence electrons. The molecule has 3 heterocycles. The van der Waals surface area contributed by atoms with E-state index in [1.165, 1.54) is 24.4 Å². The zero-order chi connectivity index (χ0) is 27.5. The first-order valence-corrected chi connectivity index (χ1v) is 12.7. The molecule has 1 amide bonds. The second-order valence-corrected chi connectivity index (χ2v) is 10.9. The summed E-state index contributed by atoms with van der Waals surface area (Å²) in [5.74, 6) is -1.29. The number of rotatable bonds is 5. The van der Waals surface area contributed by atoms with Gasteiger partial charge in [0.15, 0.2) is 5.82 Å². The lowest BCUT2D eigenvalue weighted by molar-refractivity contribution is -0.133. The molecule has 2 aromatic heterocycles. The van der Waals surface area contributed by atoms with Crippen LogP contribution in [0.5, 0.6) is 0 Å². The van der Waals surface area contributed by atoms with Crippen LogP contribution in [0.25, 0.3) is 11.3 Å². The molecule has 1 fully saturated rings. The normalized spacial score (nSPS) is 19.0. The van der Waals surface area contributed by atoms with E-state index in [1.54, 1.807) is 12.3 Å². The van der Waals surface area contributed by atoms with Crippen LogP contribution in [0.15, 0.2) is 49.8 Å². The number of halogens is 2. The van der Waals surface area contributed by atoms with Crippen molar-refractivity contribution in [2.75, 3.05) is 18.5 Å². The molecule has 1 aromatic carbocycles. The number of fused-ring (bicyclic) bond motifs is 1. The average molecular weight is 524 g/mol. The molecule has 0 bridgehead atoms. The fraction of sp³-hybridized carbons (Fsp3) is 0.414. The molecular formula is C29H35F2N5O2. The fourth-order valence-electron chi connectivity index (χ4n) is 5.28. The summed E-state index contributed by atoms with van der Waals surface area (Å²) in [6.07, 6.45) is 6.27. The van der Waals surface area contributed by atoms with Gasteiger partial charge in [0.2, 0.25) is 5.91 Å². The van der Waals surface area contributed by atoms with Crippen molar-refractivity contribution in [2.45, 2.75) is 51.9 Å². The minimum atomic E-state index is -0.674. The highest BCUT2D eigenvalue weighted by Crippen LogP contribution is 2.48. The van der Waals surface area contributed by atoms with Crippen molar-refractivity contribution in [1.82, 2.24) is 20.2 Å². The maximum Gasteiger partial charge on any atom is 0.233 e. The highest BCUT2D eigenvalue weighted by molar-refractivity contribution is 5.92. The molecule has 3 aromatic rings. The fourth-order valence-corrected chi connectivity index (χ4v) is 5.28. The molecular weight excluding hydrogens is 488 g/mol. The summed E-state index contributed by atoms with van der Waals surface area (Å²) in [6, 6.07) is 5.51. The van der Waals surface area contributed by atoms with Crippen LogP contribution >= 0.6 is 0 Å². The van der Waals surface area contributed by atoms with E-state index in [-0.39, 0.29) is 29.9 Å². The zero-order valence-corrected chi connectivity index (χ0v) is 22.1. The summed E-state index contributed by atoms with van der Waals surface area (Å²) in [5.41, 5.74) is 1.61. The molecule has 1 saturated heterocycles. The average Bonchev–Trinajstić information content (AvgIpc) is 2.83. The van der Waals surface area contributed by atoms with Crippen LogP contribution in [0.4, 0.5) is 14.6 Å². The number of hydrogen-bond acceptors (Lipinski definition) is 6. The monoisotopic (exact) mass is 523 g/mol. The second-order valence-electron chi connectivity index (χ2n) is 10.9. The Bertz CT molecular complexity index is 1310. The molecule has 38 heavy (non-hydrogen) atoms. The molecule has 7 nitrogen and oxygen atoms in total. The predicted octanol–water partition coefficient (Wildman–Crippen LogP) is 5.90. The van der Waals surface area contributed by atoms with Crippen molar-refractivity contribution in [3.05, 3.63) is 78.4 Å². The quantitative estimate of drug-likeness (QED) is 0.419. The van der Waals surface area contributed by atoms with Crippen LogP contribution in [0.1, 0.15) is 58.4 Å². The minimum Gasteiger partial charge on any atom is -0.380 e. The number of amides is 1. The molecule has 9 heteroatoms. The molecule has 1 aliphatic carbocycles. The lowest BCUT2D eigenvalue weighted by atomic mass is 9.63. The van der Waals surface area contributed by atoms with E-state index in [1.807, 2.05) is 0 Å². The van der Waals surface area contributed by atoms with Gasteiger partial charge in [0.1, 0.15) is 11.6 Å². The van der Waals surface area contributed by atoms with Crippen molar-refractivity contribution in [3.63, 3.8) is 0 Å². The first kappa shape index (κ1) is 27.4. The first-order valence-electron chi connectivity index (χ1n) is 12.7. The van der Waals surface area contributed by atoms with Gasteiger partial charge in [-0.05, 0) is 54.9 Å². The number of anilines is 1. The molecule has 0 spiro atoms. The van der Waals surface area contributed by atoms with Gasteiger partial charge in [0.25, 0.3) is 0 Å². The predicted molar refractivity (Wildman–Crippen MR) is 144 cm³/mol. The summed E-state index contributed by atoms with van der Waals surface area (Å²) in [6.45, 7) is 13.3. The zero-order valence-electron chi connectivity index (χ0n) is 22.1. The van der Waals surface area contributed by atoms with Crippen molar-refractivity contribution in [3.8, 4) is 11.3 Å². The Morgan fingerprint density at radius 3 is 2.53 bits per heavy atom. The number of ether oxygens (including phenoxy) is 1. The molecule has 0 unspecified atom stereocenters. The Hall–Kier alpha value is -3.59. The van der Waals surface area contributed by atoms with Crippen molar-refractivity contribution < 1.29 is 19.7 Å². The number of hydrogen-bond donors (Lipinski definition) is 1. The van der Waals surface area contributed by atoms with Gasteiger partial charge in [0, 0.05) is 7.62 Å². The van der Waals surface area contributed by atoms with Gasteiger partial charge < -0.3 is 10.1 Å². The van der Waals surface area contributed by atoms with Crippen molar-refractivity contribution in [2.24, 2.45) is 11.3 Å². The highest BCUT2D eigenvalue weighted by atomic mass is 19.1. The van der Waals surface area contributed by atoms with Crippen LogP contribution in [-0.4, -0.2) is 39.3 Å². The molecule has 0 radical (unpaired) electrons. The molecule has 1 atom stereocenters. The van der Waals surface area contributed by atoms with E-state index in [2.05, 4.69) is 54.4 Å². The lowest BCUT2D eigenvalue weighted by Crippen LogP contribution is -2.40. The number of aryl methyl sites for hydroxylation is 1. The Morgan fingerprint density at radius 2 is 1.89 bits per heavy atom. The third-order valence-electron chi connectivity index (χ3n) is 6.81. The van der Waals surface area contributed by atoms with Crippen LogP contribution < -0.4 is 5.32 Å². The van der Waals surface area contributed by atoms with Crippen LogP contribution in [0, 0.1) is 23.0 Å². The maximum absolute atomic E-state index is 14.5. The van der Waals surface area contributed by atoms with Gasteiger partial charge in [-0.15, -0.1) is 18.3 Å². The van der Waals surface area contributed by atoms with Crippen molar-refractivity contribution >= 4 is 11.7 Å². The van der Waals surface area contributed by atoms with E-state index in [9.17, 15) is 13.6 Å². The molecule has 5 rings (SSSR count). The number of carbonyl (C=O) groups is 1. The largest absolute Gasteiger partial charge is 0.380 e. The number of aromatic nitrogens is 4. The summed E-state index contributed by atoms with van der Waals surface area (Å²) >= 11 is 0. The van der Waals surface area contributed by atoms with E-state index < -0.39 is 17.0 Å². The van der Waals surface area contributed by atoms with Crippen LogP contribution in [0.3, 0.4) is 0 Å². The summed E-state index contributed by atoms with van der Waals surface area (Å²) in [5, 5.41) is 11.7. The number of carbonyl (C=O) groups excluding carboxylic acids is 1. The summed E-state index contributed by atoms with van der Waals surface area (Å²) < 4.78 is 34.1. The molecule has 1 aliphatic heterocycles. The third kappa shape index (κ3) is 5.48. The van der Waals surface area contributed by atoms with Crippen LogP contribution in [-0.2, 0) is 21.4 Å². The number of nitrogens with zero attached hydrogens (tertiary/aromatic N) is 4. The number of benzene rings is 1. The van der Waals surface area contributed by atoms with Crippen LogP contribution in [0.2, 0.25) is 0 Å². The second kappa shape index (κ2) is 11.0. The minimum absolute atomic E-state index is 0. The smallest absolute Gasteiger partial charge is 0.233 e. The number of nitrogens with one attached hydrogen (secondary N) is 1. The van der Waals surface area contributed by atoms with Gasteiger partial charge >= 0.3 is 0 Å². The summed E-state index contributed by atoms with van der Waals surface area (Å²) in [4.78, 5) is 21.7. The highest BCUT2D eigenvalue weighted by Gasteiger charge is 2.45. The van der Waals surface area contributed by atoms with Gasteiger partial charge in [-0.2, -0.15) is 5.10 Å². The maximum atomic E-state index is 14.5. The van der Waals surface area contributed by atoms with E-state index in [0.29, 0.717) is 37.6 Å². The van der Waals surface area contributed by atoms with Gasteiger partial charge in [0.05, 0.1) is 53.4 Å². The van der Waals surface area contributed by atoms with Crippen molar-refractivity contribution in [1.29, 1.82) is 0 Å². The topological polar surface area (TPSA) is 89.9 Å². The standard InChI is InChI=1S/C27H29F2N5O2.C2H4.H2/c1-26(2,3)15-27(21-11-30-12-22(31-21)32-25(35)17-13-36-14-17)9-5-6-16-10-20(33-34-24(16)27)23-18(28)7-4-8-19(23)29;1-2;/h4,7-8,10-12,17H,5-6,9,13-15H2,1-3H3,(H,31,32,35);1-2H2;1H/t27-;;/m0../s1. The lowest BCUT2D eigenvalue weighted by Gasteiger charge is -2.41.